The van der Waals surface area contributed by atoms with Crippen LogP contribution in [0.3, 0.4) is 0 Å². The van der Waals surface area contributed by atoms with Gasteiger partial charge in [0.25, 0.3) is 5.91 Å². The van der Waals surface area contributed by atoms with Crippen LogP contribution >= 0.6 is 11.6 Å². The molecular formula is C15H12ClNO3. The molecule has 0 spiro atoms. The molecule has 5 heteroatoms. The number of nitrogens with one attached hydrogen (secondary N) is 1. The first-order chi connectivity index (χ1) is 9.55. The molecule has 1 unspecified atom stereocenters. The van der Waals surface area contributed by atoms with E-state index >= 15 is 0 Å². The molecule has 3 rings (SSSR count). The Bertz CT molecular complexity index is 701. The molecule has 1 aliphatic heterocycles. The lowest BCUT2D eigenvalue weighted by atomic mass is 9.87. The summed E-state index contributed by atoms with van der Waals surface area (Å²) in [6.07, 6.45) is 0. The highest BCUT2D eigenvalue weighted by atomic mass is 35.5. The lowest BCUT2D eigenvalue weighted by Crippen LogP contribution is -2.35. The van der Waals surface area contributed by atoms with Crippen LogP contribution in [0.5, 0.6) is 5.75 Å². The average molecular weight is 290 g/mol. The second kappa shape index (κ2) is 4.51. The number of amides is 1. The minimum Gasteiger partial charge on any atom is -0.497 e. The Morgan fingerprint density at radius 2 is 2.05 bits per heavy atom. The molecule has 4 nitrogen and oxygen atoms in total. The van der Waals surface area contributed by atoms with Gasteiger partial charge in [0.2, 0.25) is 0 Å². The maximum absolute atomic E-state index is 12.2. The number of carbonyl (C=O) groups is 1. The molecule has 0 radical (unpaired) electrons. The van der Waals surface area contributed by atoms with Gasteiger partial charge in [-0.1, -0.05) is 23.7 Å². The second-order valence-corrected chi connectivity index (χ2v) is 5.02. The van der Waals surface area contributed by atoms with E-state index in [1.807, 2.05) is 0 Å². The highest BCUT2D eigenvalue weighted by Gasteiger charge is 2.47. The minimum absolute atomic E-state index is 0.440. The minimum atomic E-state index is -1.76. The fraction of sp³-hybridized carbons (Fsp3) is 0.133. The summed E-state index contributed by atoms with van der Waals surface area (Å²) in [5, 5.41) is 14.0. The number of aliphatic hydroxyl groups is 1. The third-order valence-electron chi connectivity index (χ3n) is 3.44. The van der Waals surface area contributed by atoms with Crippen LogP contribution in [0.1, 0.15) is 11.1 Å². The second-order valence-electron chi connectivity index (χ2n) is 4.59. The Morgan fingerprint density at radius 1 is 1.25 bits per heavy atom. The van der Waals surface area contributed by atoms with Gasteiger partial charge in [0.15, 0.2) is 5.60 Å². The standard InChI is InChI=1S/C15H12ClNO3/c1-20-11-4-2-3-9(7-11)15(19)12-8-10(16)5-6-13(12)17-14(15)18/h2-8,19H,1H3,(H,17,18). The molecule has 2 aromatic carbocycles. The van der Waals surface area contributed by atoms with Gasteiger partial charge in [-0.3, -0.25) is 4.79 Å². The molecule has 0 fully saturated rings. The number of ether oxygens (including phenoxy) is 1. The van der Waals surface area contributed by atoms with E-state index in [0.29, 0.717) is 27.6 Å². The van der Waals surface area contributed by atoms with Gasteiger partial charge in [0.05, 0.1) is 7.11 Å². The first-order valence-corrected chi connectivity index (χ1v) is 6.42. The summed E-state index contributed by atoms with van der Waals surface area (Å²) >= 11 is 5.97. The maximum atomic E-state index is 12.2. The van der Waals surface area contributed by atoms with Crippen molar-refractivity contribution < 1.29 is 14.6 Å². The Balaban J connectivity index is 2.21. The largest absolute Gasteiger partial charge is 0.497 e. The van der Waals surface area contributed by atoms with Crippen molar-refractivity contribution in [2.45, 2.75) is 5.60 Å². The van der Waals surface area contributed by atoms with Crippen molar-refractivity contribution in [3.8, 4) is 5.75 Å². The van der Waals surface area contributed by atoms with Gasteiger partial charge in [-0.25, -0.2) is 0 Å². The van der Waals surface area contributed by atoms with E-state index in [1.165, 1.54) is 7.11 Å². The molecule has 2 aromatic rings. The Labute approximate surface area is 120 Å². The number of benzene rings is 2. The topological polar surface area (TPSA) is 58.6 Å². The molecule has 0 aromatic heterocycles. The highest BCUT2D eigenvalue weighted by Crippen LogP contribution is 2.42. The normalized spacial score (nSPS) is 20.4. The number of hydrogen-bond acceptors (Lipinski definition) is 3. The number of carbonyl (C=O) groups excluding carboxylic acids is 1. The highest BCUT2D eigenvalue weighted by molar-refractivity contribution is 6.31. The van der Waals surface area contributed by atoms with Crippen molar-refractivity contribution in [1.29, 1.82) is 0 Å². The fourth-order valence-corrected chi connectivity index (χ4v) is 2.57. The van der Waals surface area contributed by atoms with Crippen molar-refractivity contribution in [2.24, 2.45) is 0 Å². The molecule has 102 valence electrons. The van der Waals surface area contributed by atoms with E-state index < -0.39 is 11.5 Å². The quantitative estimate of drug-likeness (QED) is 0.893. The summed E-state index contributed by atoms with van der Waals surface area (Å²) < 4.78 is 5.14. The van der Waals surface area contributed by atoms with Gasteiger partial charge in [-0.2, -0.15) is 0 Å². The van der Waals surface area contributed by atoms with Gasteiger partial charge in [-0.15, -0.1) is 0 Å². The van der Waals surface area contributed by atoms with E-state index in [9.17, 15) is 9.90 Å². The van der Waals surface area contributed by atoms with E-state index in [1.54, 1.807) is 42.5 Å². The predicted molar refractivity (Wildman–Crippen MR) is 76.1 cm³/mol. The molecule has 20 heavy (non-hydrogen) atoms. The molecule has 2 N–H and O–H groups in total. The van der Waals surface area contributed by atoms with Gasteiger partial charge in [0.1, 0.15) is 5.75 Å². The van der Waals surface area contributed by atoms with Crippen LogP contribution in [0.15, 0.2) is 42.5 Å². The van der Waals surface area contributed by atoms with Crippen molar-refractivity contribution in [1.82, 2.24) is 0 Å². The van der Waals surface area contributed by atoms with Crippen molar-refractivity contribution in [3.63, 3.8) is 0 Å². The fourth-order valence-electron chi connectivity index (χ4n) is 2.39. The van der Waals surface area contributed by atoms with E-state index in [0.717, 1.165) is 0 Å². The lowest BCUT2D eigenvalue weighted by molar-refractivity contribution is -0.129. The van der Waals surface area contributed by atoms with Crippen LogP contribution in [0.25, 0.3) is 0 Å². The Morgan fingerprint density at radius 3 is 2.80 bits per heavy atom. The van der Waals surface area contributed by atoms with E-state index in [4.69, 9.17) is 16.3 Å². The number of anilines is 1. The number of methoxy groups -OCH3 is 1. The predicted octanol–water partition coefficient (Wildman–Crippen LogP) is 2.54. The first kappa shape index (κ1) is 13.0. The summed E-state index contributed by atoms with van der Waals surface area (Å²) in [7, 11) is 1.53. The molecule has 0 saturated heterocycles. The monoisotopic (exact) mass is 289 g/mol. The maximum Gasteiger partial charge on any atom is 0.265 e. The number of halogens is 1. The van der Waals surface area contributed by atoms with Crippen LogP contribution < -0.4 is 10.1 Å². The lowest BCUT2D eigenvalue weighted by Gasteiger charge is -2.22. The molecule has 0 bridgehead atoms. The van der Waals surface area contributed by atoms with Gasteiger partial charge in [0, 0.05) is 21.8 Å². The van der Waals surface area contributed by atoms with Crippen LogP contribution in [0, 0.1) is 0 Å². The SMILES string of the molecule is COc1cccc(C2(O)C(=O)Nc3ccc(Cl)cc32)c1. The van der Waals surface area contributed by atoms with Gasteiger partial charge >= 0.3 is 0 Å². The Hall–Kier alpha value is -2.04. The van der Waals surface area contributed by atoms with Crippen molar-refractivity contribution in [3.05, 3.63) is 58.6 Å². The molecule has 1 amide bonds. The summed E-state index contributed by atoms with van der Waals surface area (Å²) in [6.45, 7) is 0. The smallest absolute Gasteiger partial charge is 0.265 e. The molecule has 1 atom stereocenters. The van der Waals surface area contributed by atoms with E-state index in [-0.39, 0.29) is 0 Å². The molecule has 1 aliphatic rings. The zero-order valence-corrected chi connectivity index (χ0v) is 11.4. The third-order valence-corrected chi connectivity index (χ3v) is 3.67. The third kappa shape index (κ3) is 1.77. The number of fused-ring (bicyclic) bond motifs is 1. The number of hydrogen-bond donors (Lipinski definition) is 2. The molecule has 0 saturated carbocycles. The van der Waals surface area contributed by atoms with Crippen molar-refractivity contribution >= 4 is 23.2 Å². The zero-order chi connectivity index (χ0) is 14.3. The Kier molecular flexibility index (Phi) is 2.92. The average Bonchev–Trinajstić information content (AvgIpc) is 2.72. The van der Waals surface area contributed by atoms with Crippen LogP contribution in [0.4, 0.5) is 5.69 Å². The summed E-state index contributed by atoms with van der Waals surface area (Å²) in [5.74, 6) is 0.0715. The number of rotatable bonds is 2. The molecule has 1 heterocycles. The van der Waals surface area contributed by atoms with Gasteiger partial charge < -0.3 is 15.2 Å². The van der Waals surface area contributed by atoms with Crippen LogP contribution in [0.2, 0.25) is 5.02 Å². The first-order valence-electron chi connectivity index (χ1n) is 6.04. The van der Waals surface area contributed by atoms with Crippen LogP contribution in [-0.4, -0.2) is 18.1 Å². The summed E-state index contributed by atoms with van der Waals surface area (Å²) in [4.78, 5) is 12.2. The van der Waals surface area contributed by atoms with E-state index in [2.05, 4.69) is 5.32 Å². The van der Waals surface area contributed by atoms with Crippen LogP contribution in [-0.2, 0) is 10.4 Å². The van der Waals surface area contributed by atoms with Gasteiger partial charge in [-0.05, 0) is 30.3 Å². The zero-order valence-electron chi connectivity index (χ0n) is 10.7. The summed E-state index contributed by atoms with van der Waals surface area (Å²) in [6, 6.07) is 11.7. The molecule has 0 aliphatic carbocycles. The summed E-state index contributed by atoms with van der Waals surface area (Å²) in [5.41, 5.74) is -0.308. The molecular weight excluding hydrogens is 278 g/mol. The van der Waals surface area contributed by atoms with Crippen molar-refractivity contribution in [2.75, 3.05) is 12.4 Å².